The van der Waals surface area contributed by atoms with E-state index >= 15 is 0 Å². The monoisotopic (exact) mass is 298 g/mol. The Hall–Kier alpha value is -2.69. The van der Waals surface area contributed by atoms with Crippen LogP contribution in [0.25, 0.3) is 11.5 Å². The van der Waals surface area contributed by atoms with Crippen LogP contribution in [0.2, 0.25) is 0 Å². The van der Waals surface area contributed by atoms with E-state index in [0.717, 1.165) is 17.5 Å². The molecule has 1 aromatic heterocycles. The van der Waals surface area contributed by atoms with Gasteiger partial charge in [-0.3, -0.25) is 0 Å². The second-order valence-electron chi connectivity index (χ2n) is 4.88. The van der Waals surface area contributed by atoms with E-state index < -0.39 is 0 Å². The van der Waals surface area contributed by atoms with Gasteiger partial charge in [0.15, 0.2) is 0 Å². The number of hydrogen-bond acceptors (Lipinski definition) is 4. The maximum Gasteiger partial charge on any atom is 0.247 e. The molecule has 0 aliphatic carbocycles. The lowest BCUT2D eigenvalue weighted by molar-refractivity contribution is 0.321. The SMILES string of the molecule is Cc1nnc(-c2ccc(CCOc3ccc(F)cc3)cc2)o1. The lowest BCUT2D eigenvalue weighted by atomic mass is 10.1. The van der Waals surface area contributed by atoms with Gasteiger partial charge in [0.25, 0.3) is 0 Å². The highest BCUT2D eigenvalue weighted by Gasteiger charge is 2.05. The van der Waals surface area contributed by atoms with Crippen LogP contribution in [-0.2, 0) is 6.42 Å². The van der Waals surface area contributed by atoms with Gasteiger partial charge < -0.3 is 9.15 Å². The van der Waals surface area contributed by atoms with Gasteiger partial charge in [0.2, 0.25) is 11.8 Å². The van der Waals surface area contributed by atoms with Crippen molar-refractivity contribution < 1.29 is 13.5 Å². The van der Waals surface area contributed by atoms with Gasteiger partial charge in [0.1, 0.15) is 11.6 Å². The summed E-state index contributed by atoms with van der Waals surface area (Å²) in [5, 5.41) is 7.79. The van der Waals surface area contributed by atoms with E-state index in [1.807, 2.05) is 24.3 Å². The van der Waals surface area contributed by atoms with Crippen molar-refractivity contribution in [3.05, 3.63) is 65.8 Å². The Morgan fingerprint density at radius 2 is 1.73 bits per heavy atom. The average molecular weight is 298 g/mol. The Morgan fingerprint density at radius 1 is 1.00 bits per heavy atom. The van der Waals surface area contributed by atoms with Crippen LogP contribution in [-0.4, -0.2) is 16.8 Å². The Bertz CT molecular complexity index is 736. The normalized spacial score (nSPS) is 10.6. The number of aromatic nitrogens is 2. The Kier molecular flexibility index (Phi) is 4.14. The largest absolute Gasteiger partial charge is 0.493 e. The fraction of sp³-hybridized carbons (Fsp3) is 0.176. The molecule has 0 radical (unpaired) electrons. The third kappa shape index (κ3) is 3.49. The molecule has 0 fully saturated rings. The minimum Gasteiger partial charge on any atom is -0.493 e. The molecule has 2 aromatic carbocycles. The van der Waals surface area contributed by atoms with Gasteiger partial charge in [0, 0.05) is 18.9 Å². The van der Waals surface area contributed by atoms with E-state index in [1.165, 1.54) is 12.1 Å². The molecule has 3 rings (SSSR count). The summed E-state index contributed by atoms with van der Waals surface area (Å²) in [7, 11) is 0. The van der Waals surface area contributed by atoms with Crippen LogP contribution in [0.5, 0.6) is 5.75 Å². The Labute approximate surface area is 127 Å². The number of ether oxygens (including phenoxy) is 1. The quantitative estimate of drug-likeness (QED) is 0.718. The highest BCUT2D eigenvalue weighted by Crippen LogP contribution is 2.18. The number of halogens is 1. The molecule has 0 atom stereocenters. The predicted molar refractivity (Wildman–Crippen MR) is 80.1 cm³/mol. The van der Waals surface area contributed by atoms with E-state index in [1.54, 1.807) is 19.1 Å². The molecule has 4 nitrogen and oxygen atoms in total. The van der Waals surface area contributed by atoms with E-state index in [2.05, 4.69) is 10.2 Å². The highest BCUT2D eigenvalue weighted by molar-refractivity contribution is 5.52. The molecule has 22 heavy (non-hydrogen) atoms. The molecule has 0 aliphatic heterocycles. The van der Waals surface area contributed by atoms with E-state index in [0.29, 0.717) is 24.1 Å². The second kappa shape index (κ2) is 6.39. The molecule has 0 unspecified atom stereocenters. The van der Waals surface area contributed by atoms with Crippen molar-refractivity contribution in [2.45, 2.75) is 13.3 Å². The Balaban J connectivity index is 1.56. The van der Waals surface area contributed by atoms with Gasteiger partial charge >= 0.3 is 0 Å². The maximum absolute atomic E-state index is 12.8. The van der Waals surface area contributed by atoms with Crippen LogP contribution in [0.1, 0.15) is 11.5 Å². The lowest BCUT2D eigenvalue weighted by Crippen LogP contribution is -2.01. The molecule has 3 aromatic rings. The van der Waals surface area contributed by atoms with Gasteiger partial charge in [-0.25, -0.2) is 4.39 Å². The fourth-order valence-corrected chi connectivity index (χ4v) is 2.04. The average Bonchev–Trinajstić information content (AvgIpc) is 2.97. The molecular weight excluding hydrogens is 283 g/mol. The molecule has 5 heteroatoms. The molecule has 0 amide bonds. The summed E-state index contributed by atoms with van der Waals surface area (Å²) in [5.41, 5.74) is 2.03. The zero-order valence-electron chi connectivity index (χ0n) is 12.1. The highest BCUT2D eigenvalue weighted by atomic mass is 19.1. The summed E-state index contributed by atoms with van der Waals surface area (Å²) in [6, 6.07) is 13.9. The third-order valence-corrected chi connectivity index (χ3v) is 3.20. The zero-order valence-corrected chi connectivity index (χ0v) is 12.1. The number of hydrogen-bond donors (Lipinski definition) is 0. The summed E-state index contributed by atoms with van der Waals surface area (Å²) < 4.78 is 23.7. The van der Waals surface area contributed by atoms with Crippen LogP contribution in [0.4, 0.5) is 4.39 Å². The van der Waals surface area contributed by atoms with Gasteiger partial charge in [-0.2, -0.15) is 0 Å². The van der Waals surface area contributed by atoms with Crippen molar-refractivity contribution in [1.82, 2.24) is 10.2 Å². The van der Waals surface area contributed by atoms with Crippen molar-refractivity contribution in [3.63, 3.8) is 0 Å². The topological polar surface area (TPSA) is 48.2 Å². The summed E-state index contributed by atoms with van der Waals surface area (Å²) in [6.45, 7) is 2.29. The van der Waals surface area contributed by atoms with E-state index in [-0.39, 0.29) is 5.82 Å². The molecule has 0 saturated heterocycles. The van der Waals surface area contributed by atoms with Crippen LogP contribution in [0.3, 0.4) is 0 Å². The molecule has 0 spiro atoms. The number of aryl methyl sites for hydroxylation is 1. The van der Waals surface area contributed by atoms with Crippen molar-refractivity contribution in [2.75, 3.05) is 6.61 Å². The summed E-state index contributed by atoms with van der Waals surface area (Å²) in [5.74, 6) is 1.47. The number of rotatable bonds is 5. The molecule has 1 heterocycles. The van der Waals surface area contributed by atoms with Crippen molar-refractivity contribution in [2.24, 2.45) is 0 Å². The van der Waals surface area contributed by atoms with Crippen molar-refractivity contribution in [3.8, 4) is 17.2 Å². The first-order chi connectivity index (χ1) is 10.7. The lowest BCUT2D eigenvalue weighted by Gasteiger charge is -2.06. The maximum atomic E-state index is 12.8. The van der Waals surface area contributed by atoms with Gasteiger partial charge in [-0.15, -0.1) is 10.2 Å². The Morgan fingerprint density at radius 3 is 2.36 bits per heavy atom. The van der Waals surface area contributed by atoms with Gasteiger partial charge in [-0.1, -0.05) is 12.1 Å². The molecule has 0 bridgehead atoms. The van der Waals surface area contributed by atoms with Gasteiger partial charge in [0.05, 0.1) is 6.61 Å². The predicted octanol–water partition coefficient (Wildman–Crippen LogP) is 3.81. The molecular formula is C17H15FN2O2. The van der Waals surface area contributed by atoms with Crippen molar-refractivity contribution in [1.29, 1.82) is 0 Å². The van der Waals surface area contributed by atoms with Crippen molar-refractivity contribution >= 4 is 0 Å². The number of benzene rings is 2. The summed E-state index contributed by atoms with van der Waals surface area (Å²) in [4.78, 5) is 0. The van der Waals surface area contributed by atoms with Crippen LogP contribution in [0, 0.1) is 12.7 Å². The van der Waals surface area contributed by atoms with E-state index in [4.69, 9.17) is 9.15 Å². The first-order valence-corrected chi connectivity index (χ1v) is 6.98. The second-order valence-corrected chi connectivity index (χ2v) is 4.88. The van der Waals surface area contributed by atoms with Crippen LogP contribution < -0.4 is 4.74 Å². The van der Waals surface area contributed by atoms with Crippen LogP contribution >= 0.6 is 0 Å². The fourth-order valence-electron chi connectivity index (χ4n) is 2.04. The zero-order chi connectivity index (χ0) is 15.4. The smallest absolute Gasteiger partial charge is 0.247 e. The van der Waals surface area contributed by atoms with Gasteiger partial charge in [-0.05, 0) is 42.0 Å². The minimum absolute atomic E-state index is 0.265. The standard InChI is InChI=1S/C17H15FN2O2/c1-12-19-20-17(22-12)14-4-2-13(3-5-14)10-11-21-16-8-6-15(18)7-9-16/h2-9H,10-11H2,1H3. The summed E-state index contributed by atoms with van der Waals surface area (Å²) >= 11 is 0. The molecule has 112 valence electrons. The van der Waals surface area contributed by atoms with Crippen LogP contribution in [0.15, 0.2) is 52.9 Å². The third-order valence-electron chi connectivity index (χ3n) is 3.20. The number of nitrogens with zero attached hydrogens (tertiary/aromatic N) is 2. The van der Waals surface area contributed by atoms with E-state index in [9.17, 15) is 4.39 Å². The summed E-state index contributed by atoms with van der Waals surface area (Å²) in [6.07, 6.45) is 0.764. The molecule has 0 saturated carbocycles. The molecule has 0 aliphatic rings. The first-order valence-electron chi connectivity index (χ1n) is 6.98. The first kappa shape index (κ1) is 14.3. The minimum atomic E-state index is -0.265. The molecule has 0 N–H and O–H groups in total.